The smallest absolute Gasteiger partial charge is 0.150 e. The molecular weight excluding hydrogens is 198 g/mol. The van der Waals surface area contributed by atoms with E-state index in [2.05, 4.69) is 6.92 Å². The lowest BCUT2D eigenvalue weighted by Gasteiger charge is -2.03. The highest BCUT2D eigenvalue weighted by molar-refractivity contribution is 7.91. The van der Waals surface area contributed by atoms with Gasteiger partial charge in [0.1, 0.15) is 9.84 Å². The quantitative estimate of drug-likeness (QED) is 0.558. The van der Waals surface area contributed by atoms with E-state index in [9.17, 15) is 8.42 Å². The molecule has 0 bridgehead atoms. The van der Waals surface area contributed by atoms with Gasteiger partial charge in [-0.2, -0.15) is 0 Å². The predicted molar refractivity (Wildman–Crippen MR) is 60.0 cm³/mol. The highest BCUT2D eigenvalue weighted by Crippen LogP contribution is 2.04. The fourth-order valence-electron chi connectivity index (χ4n) is 1.30. The van der Waals surface area contributed by atoms with Gasteiger partial charge >= 0.3 is 0 Å². The standard InChI is InChI=1S/C10H22NO2S/c1-2-3-6-9-14(12,13)10-7-4-5-8-11/h11H,2-10H2,1H3. The topological polar surface area (TPSA) is 57.9 Å². The summed E-state index contributed by atoms with van der Waals surface area (Å²) in [5, 5.41) is 0. The van der Waals surface area contributed by atoms with Crippen LogP contribution in [0.5, 0.6) is 0 Å². The van der Waals surface area contributed by atoms with Crippen LogP contribution in [-0.4, -0.2) is 26.5 Å². The van der Waals surface area contributed by atoms with Crippen molar-refractivity contribution in [2.24, 2.45) is 0 Å². The van der Waals surface area contributed by atoms with Crippen LogP contribution in [-0.2, 0) is 9.84 Å². The van der Waals surface area contributed by atoms with Gasteiger partial charge in [-0.1, -0.05) is 26.2 Å². The van der Waals surface area contributed by atoms with Crippen molar-refractivity contribution >= 4 is 9.84 Å². The van der Waals surface area contributed by atoms with Crippen LogP contribution in [0.4, 0.5) is 0 Å². The summed E-state index contributed by atoms with van der Waals surface area (Å²) in [7, 11) is -2.80. The fourth-order valence-corrected chi connectivity index (χ4v) is 2.79. The average molecular weight is 220 g/mol. The van der Waals surface area contributed by atoms with Gasteiger partial charge in [-0.25, -0.2) is 8.42 Å². The SMILES string of the molecule is CCCCCS(=O)(=O)CCCCC[NH]. The summed E-state index contributed by atoms with van der Waals surface area (Å²) in [5.41, 5.74) is 6.92. The summed E-state index contributed by atoms with van der Waals surface area (Å²) in [6, 6.07) is 0. The molecule has 0 aliphatic rings. The van der Waals surface area contributed by atoms with Crippen molar-refractivity contribution in [3.63, 3.8) is 0 Å². The number of unbranched alkanes of at least 4 members (excludes halogenated alkanes) is 4. The van der Waals surface area contributed by atoms with Gasteiger partial charge in [0.05, 0.1) is 11.5 Å². The van der Waals surface area contributed by atoms with E-state index in [1.807, 2.05) is 0 Å². The molecule has 4 heteroatoms. The molecule has 0 unspecified atom stereocenters. The highest BCUT2D eigenvalue weighted by Gasteiger charge is 2.08. The zero-order chi connectivity index (χ0) is 10.9. The second-order valence-electron chi connectivity index (χ2n) is 3.67. The molecule has 0 atom stereocenters. The first-order valence-corrected chi connectivity index (χ1v) is 7.29. The van der Waals surface area contributed by atoms with Crippen LogP contribution in [0.15, 0.2) is 0 Å². The average Bonchev–Trinajstić information content (AvgIpc) is 2.13. The molecule has 1 N–H and O–H groups in total. The van der Waals surface area contributed by atoms with Gasteiger partial charge in [0, 0.05) is 6.54 Å². The number of hydrogen-bond donors (Lipinski definition) is 0. The van der Waals surface area contributed by atoms with E-state index in [4.69, 9.17) is 5.73 Å². The summed E-state index contributed by atoms with van der Waals surface area (Å²) < 4.78 is 22.8. The summed E-state index contributed by atoms with van der Waals surface area (Å²) in [5.74, 6) is 0.665. The van der Waals surface area contributed by atoms with Gasteiger partial charge in [0.2, 0.25) is 0 Å². The second-order valence-corrected chi connectivity index (χ2v) is 5.97. The summed E-state index contributed by atoms with van der Waals surface area (Å²) in [6.45, 7) is 2.48. The molecule has 0 fully saturated rings. The number of hydrogen-bond acceptors (Lipinski definition) is 2. The van der Waals surface area contributed by atoms with Gasteiger partial charge in [-0.05, 0) is 19.3 Å². The van der Waals surface area contributed by atoms with Crippen molar-refractivity contribution in [1.29, 1.82) is 0 Å². The molecule has 0 aromatic rings. The van der Waals surface area contributed by atoms with Crippen molar-refractivity contribution in [2.75, 3.05) is 18.1 Å². The predicted octanol–water partition coefficient (Wildman–Crippen LogP) is 2.04. The normalized spacial score (nSPS) is 11.9. The van der Waals surface area contributed by atoms with Crippen LogP contribution in [0.25, 0.3) is 0 Å². The zero-order valence-corrected chi connectivity index (χ0v) is 9.91. The highest BCUT2D eigenvalue weighted by atomic mass is 32.2. The zero-order valence-electron chi connectivity index (χ0n) is 9.09. The minimum atomic E-state index is -2.80. The maximum Gasteiger partial charge on any atom is 0.150 e. The van der Waals surface area contributed by atoms with Crippen molar-refractivity contribution < 1.29 is 8.42 Å². The lowest BCUT2D eigenvalue weighted by molar-refractivity contribution is 0.585. The third-order valence-electron chi connectivity index (χ3n) is 2.19. The molecule has 0 rings (SSSR count). The number of nitrogens with one attached hydrogen (secondary N) is 1. The van der Waals surface area contributed by atoms with Gasteiger partial charge < -0.3 is 0 Å². The molecule has 0 aromatic heterocycles. The second kappa shape index (κ2) is 8.24. The third kappa shape index (κ3) is 8.51. The van der Waals surface area contributed by atoms with Crippen molar-refractivity contribution in [3.8, 4) is 0 Å². The third-order valence-corrected chi connectivity index (χ3v) is 4.01. The Kier molecular flexibility index (Phi) is 8.18. The first kappa shape index (κ1) is 13.9. The summed E-state index contributed by atoms with van der Waals surface area (Å²) in [6.07, 6.45) is 5.30. The Bertz CT molecular complexity index is 212. The molecule has 0 aliphatic heterocycles. The van der Waals surface area contributed by atoms with E-state index in [0.717, 1.165) is 38.5 Å². The van der Waals surface area contributed by atoms with Crippen LogP contribution >= 0.6 is 0 Å². The van der Waals surface area contributed by atoms with Crippen LogP contribution in [0.3, 0.4) is 0 Å². The molecule has 0 saturated carbocycles. The number of sulfone groups is 1. The molecule has 0 aromatic carbocycles. The molecule has 0 spiro atoms. The van der Waals surface area contributed by atoms with E-state index in [0.29, 0.717) is 18.1 Å². The minimum absolute atomic E-state index is 0.316. The van der Waals surface area contributed by atoms with Gasteiger partial charge in [-0.15, -0.1) is 0 Å². The van der Waals surface area contributed by atoms with Gasteiger partial charge in [-0.3, -0.25) is 5.73 Å². The van der Waals surface area contributed by atoms with E-state index >= 15 is 0 Å². The molecule has 0 heterocycles. The lowest BCUT2D eigenvalue weighted by atomic mass is 10.2. The van der Waals surface area contributed by atoms with Gasteiger partial charge in [0.15, 0.2) is 0 Å². The summed E-state index contributed by atoms with van der Waals surface area (Å²) >= 11 is 0. The monoisotopic (exact) mass is 220 g/mol. The maximum absolute atomic E-state index is 11.4. The van der Waals surface area contributed by atoms with Crippen LogP contribution in [0.2, 0.25) is 0 Å². The Morgan fingerprint density at radius 1 is 0.929 bits per heavy atom. The summed E-state index contributed by atoms with van der Waals surface area (Å²) in [4.78, 5) is 0. The fraction of sp³-hybridized carbons (Fsp3) is 1.00. The Labute approximate surface area is 88.0 Å². The molecule has 0 saturated heterocycles. The van der Waals surface area contributed by atoms with E-state index in [1.54, 1.807) is 0 Å². The van der Waals surface area contributed by atoms with E-state index in [1.165, 1.54) is 0 Å². The molecule has 0 aliphatic carbocycles. The van der Waals surface area contributed by atoms with Crippen LogP contribution in [0.1, 0.15) is 45.4 Å². The Balaban J connectivity index is 3.52. The Morgan fingerprint density at radius 3 is 2.00 bits per heavy atom. The Hall–Kier alpha value is -0.0900. The molecule has 0 amide bonds. The first-order valence-electron chi connectivity index (χ1n) is 5.47. The molecule has 3 nitrogen and oxygen atoms in total. The van der Waals surface area contributed by atoms with Crippen molar-refractivity contribution in [3.05, 3.63) is 0 Å². The first-order chi connectivity index (χ1) is 6.62. The lowest BCUT2D eigenvalue weighted by Crippen LogP contribution is -2.11. The molecule has 85 valence electrons. The van der Waals surface area contributed by atoms with E-state index in [-0.39, 0.29) is 0 Å². The van der Waals surface area contributed by atoms with Gasteiger partial charge in [0.25, 0.3) is 0 Å². The van der Waals surface area contributed by atoms with Crippen molar-refractivity contribution in [1.82, 2.24) is 5.73 Å². The largest absolute Gasteiger partial charge is 0.258 e. The van der Waals surface area contributed by atoms with Crippen molar-refractivity contribution in [2.45, 2.75) is 45.4 Å². The molecular formula is C10H22NO2S. The maximum atomic E-state index is 11.4. The number of rotatable bonds is 9. The molecule has 14 heavy (non-hydrogen) atoms. The van der Waals surface area contributed by atoms with Crippen LogP contribution in [0, 0.1) is 0 Å². The van der Waals surface area contributed by atoms with E-state index < -0.39 is 9.84 Å². The van der Waals surface area contributed by atoms with Crippen LogP contribution < -0.4 is 5.73 Å². The molecule has 1 radical (unpaired) electrons. The minimum Gasteiger partial charge on any atom is -0.258 e. The Morgan fingerprint density at radius 2 is 1.50 bits per heavy atom.